The number of halogens is 2. The Balaban J connectivity index is 1.95. The summed E-state index contributed by atoms with van der Waals surface area (Å²) in [6, 6.07) is 10.5. The Morgan fingerprint density at radius 3 is 2.32 bits per heavy atom. The number of carbonyl (C=O) groups excluding carboxylic acids is 1. The Kier molecular flexibility index (Phi) is 7.12. The summed E-state index contributed by atoms with van der Waals surface area (Å²) in [7, 11) is -3.70. The maximum Gasteiger partial charge on any atom is 0.232 e. The van der Waals surface area contributed by atoms with Gasteiger partial charge in [-0.2, -0.15) is 0 Å². The molecule has 1 N–H and O–H groups in total. The number of rotatable bonds is 8. The van der Waals surface area contributed by atoms with Crippen molar-refractivity contribution in [2.75, 3.05) is 17.1 Å². The predicted octanol–water partition coefficient (Wildman–Crippen LogP) is 3.70. The summed E-state index contributed by atoms with van der Waals surface area (Å²) in [6.45, 7) is 3.83. The molecule has 0 heterocycles. The minimum absolute atomic E-state index is 0.0176. The van der Waals surface area contributed by atoms with Crippen LogP contribution in [-0.4, -0.2) is 27.1 Å². The maximum atomic E-state index is 13.4. The highest BCUT2D eigenvalue weighted by atomic mass is 32.2. The normalized spacial score (nSPS) is 12.5. The third kappa shape index (κ3) is 6.02. The summed E-state index contributed by atoms with van der Waals surface area (Å²) in [5.74, 6) is -2.40. The molecule has 2 aromatic rings. The largest absolute Gasteiger partial charge is 0.350 e. The molecular weight excluding hydrogens is 386 g/mol. The number of hydrogen-bond acceptors (Lipinski definition) is 3. The molecule has 2 rings (SSSR count). The monoisotopic (exact) mass is 410 g/mol. The van der Waals surface area contributed by atoms with E-state index in [1.165, 1.54) is 6.07 Å². The molecule has 0 aliphatic rings. The van der Waals surface area contributed by atoms with E-state index in [-0.39, 0.29) is 37.0 Å². The number of nitrogens with zero attached hydrogens (tertiary/aromatic N) is 1. The lowest BCUT2D eigenvalue weighted by Gasteiger charge is -2.22. The van der Waals surface area contributed by atoms with E-state index in [9.17, 15) is 22.0 Å². The van der Waals surface area contributed by atoms with Crippen LogP contribution in [0.2, 0.25) is 0 Å². The zero-order valence-electron chi connectivity index (χ0n) is 16.1. The van der Waals surface area contributed by atoms with Crippen LogP contribution in [0, 0.1) is 18.6 Å². The van der Waals surface area contributed by atoms with Gasteiger partial charge in [0.15, 0.2) is 11.6 Å². The lowest BCUT2D eigenvalue weighted by Crippen LogP contribution is -2.32. The number of carbonyl (C=O) groups is 1. The fourth-order valence-electron chi connectivity index (χ4n) is 2.76. The highest BCUT2D eigenvalue weighted by Crippen LogP contribution is 2.21. The number of amides is 1. The molecule has 8 heteroatoms. The molecule has 0 aliphatic carbocycles. The van der Waals surface area contributed by atoms with Gasteiger partial charge in [-0.1, -0.05) is 29.8 Å². The summed E-state index contributed by atoms with van der Waals surface area (Å²) in [5, 5.41) is 2.87. The highest BCUT2D eigenvalue weighted by Gasteiger charge is 2.19. The number of sulfonamides is 1. The molecule has 0 saturated heterocycles. The van der Waals surface area contributed by atoms with Crippen molar-refractivity contribution in [1.82, 2.24) is 5.32 Å². The molecule has 0 aliphatic heterocycles. The summed E-state index contributed by atoms with van der Waals surface area (Å²) in [5.41, 5.74) is 2.12. The molecule has 0 aromatic heterocycles. The number of anilines is 1. The fraction of sp³-hybridized carbons (Fsp3) is 0.350. The van der Waals surface area contributed by atoms with Crippen molar-refractivity contribution in [2.24, 2.45) is 0 Å². The third-order valence-electron chi connectivity index (χ3n) is 4.31. The van der Waals surface area contributed by atoms with Crippen LogP contribution < -0.4 is 9.62 Å². The Bertz CT molecular complexity index is 931. The van der Waals surface area contributed by atoms with Crippen LogP contribution in [0.1, 0.15) is 36.9 Å². The van der Waals surface area contributed by atoms with Crippen LogP contribution >= 0.6 is 0 Å². The first-order valence-electron chi connectivity index (χ1n) is 8.86. The zero-order valence-corrected chi connectivity index (χ0v) is 16.9. The highest BCUT2D eigenvalue weighted by molar-refractivity contribution is 7.92. The van der Waals surface area contributed by atoms with E-state index in [0.29, 0.717) is 0 Å². The Labute approximate surface area is 164 Å². The quantitative estimate of drug-likeness (QED) is 0.722. The van der Waals surface area contributed by atoms with Crippen molar-refractivity contribution in [3.63, 3.8) is 0 Å². The average Bonchev–Trinajstić information content (AvgIpc) is 2.60. The number of aryl methyl sites for hydroxylation is 1. The predicted molar refractivity (Wildman–Crippen MR) is 106 cm³/mol. The van der Waals surface area contributed by atoms with Gasteiger partial charge in [0.2, 0.25) is 15.9 Å². The first kappa shape index (κ1) is 21.8. The van der Waals surface area contributed by atoms with Crippen molar-refractivity contribution < 1.29 is 22.0 Å². The molecule has 0 spiro atoms. The van der Waals surface area contributed by atoms with Gasteiger partial charge in [-0.05, 0) is 38.0 Å². The summed E-state index contributed by atoms with van der Waals surface area (Å²) >= 11 is 0. The lowest BCUT2D eigenvalue weighted by atomic mass is 10.1. The molecule has 0 saturated carbocycles. The van der Waals surface area contributed by atoms with Crippen molar-refractivity contribution in [3.05, 3.63) is 65.2 Å². The van der Waals surface area contributed by atoms with Gasteiger partial charge in [0.1, 0.15) is 0 Å². The molecular formula is C20H24F2N2O3S. The molecule has 1 atom stereocenters. The van der Waals surface area contributed by atoms with Crippen LogP contribution in [0.5, 0.6) is 0 Å². The van der Waals surface area contributed by atoms with Gasteiger partial charge in [0.25, 0.3) is 0 Å². The van der Waals surface area contributed by atoms with Crippen LogP contribution in [0.25, 0.3) is 0 Å². The second kappa shape index (κ2) is 9.14. The van der Waals surface area contributed by atoms with Crippen molar-refractivity contribution in [1.29, 1.82) is 0 Å². The molecule has 152 valence electrons. The van der Waals surface area contributed by atoms with Crippen molar-refractivity contribution in [3.8, 4) is 0 Å². The smallest absolute Gasteiger partial charge is 0.232 e. The van der Waals surface area contributed by atoms with Crippen LogP contribution in [0.3, 0.4) is 0 Å². The van der Waals surface area contributed by atoms with E-state index >= 15 is 0 Å². The average molecular weight is 410 g/mol. The topological polar surface area (TPSA) is 66.5 Å². The SMILES string of the molecule is Cc1ccc([C@H](C)NC(=O)CCCN(c2ccc(F)c(F)c2)S(C)(=O)=O)cc1. The number of benzene rings is 2. The molecule has 0 radical (unpaired) electrons. The first-order valence-corrected chi connectivity index (χ1v) is 10.7. The first-order chi connectivity index (χ1) is 13.1. The molecule has 28 heavy (non-hydrogen) atoms. The minimum atomic E-state index is -3.70. The summed E-state index contributed by atoms with van der Waals surface area (Å²) in [6.07, 6.45) is 1.32. The Hall–Kier alpha value is -2.48. The Morgan fingerprint density at radius 1 is 1.11 bits per heavy atom. The summed E-state index contributed by atoms with van der Waals surface area (Å²) in [4.78, 5) is 12.2. The standard InChI is InChI=1S/C20H24F2N2O3S/c1-14-6-8-16(9-7-14)15(2)23-20(25)5-4-12-24(28(3,26)27)17-10-11-18(21)19(22)13-17/h6-11,13,15H,4-5,12H2,1-3H3,(H,23,25)/t15-/m0/s1. The fourth-order valence-corrected chi connectivity index (χ4v) is 3.72. The number of hydrogen-bond donors (Lipinski definition) is 1. The van der Waals surface area contributed by atoms with Gasteiger partial charge in [0.05, 0.1) is 18.0 Å². The number of nitrogens with one attached hydrogen (secondary N) is 1. The lowest BCUT2D eigenvalue weighted by molar-refractivity contribution is -0.121. The molecule has 0 fully saturated rings. The van der Waals surface area contributed by atoms with Gasteiger partial charge in [0, 0.05) is 19.0 Å². The van der Waals surface area contributed by atoms with E-state index in [2.05, 4.69) is 5.32 Å². The van der Waals surface area contributed by atoms with E-state index in [1.54, 1.807) is 0 Å². The minimum Gasteiger partial charge on any atom is -0.350 e. The third-order valence-corrected chi connectivity index (χ3v) is 5.51. The van der Waals surface area contributed by atoms with Crippen molar-refractivity contribution >= 4 is 21.6 Å². The molecule has 2 aromatic carbocycles. The maximum absolute atomic E-state index is 13.4. The zero-order chi connectivity index (χ0) is 20.9. The van der Waals surface area contributed by atoms with Gasteiger partial charge >= 0.3 is 0 Å². The van der Waals surface area contributed by atoms with E-state index in [0.717, 1.165) is 33.8 Å². The van der Waals surface area contributed by atoms with Gasteiger partial charge < -0.3 is 5.32 Å². The second-order valence-electron chi connectivity index (χ2n) is 6.74. The van der Waals surface area contributed by atoms with E-state index < -0.39 is 21.7 Å². The second-order valence-corrected chi connectivity index (χ2v) is 8.64. The van der Waals surface area contributed by atoms with E-state index in [4.69, 9.17) is 0 Å². The van der Waals surface area contributed by atoms with Gasteiger partial charge in [-0.25, -0.2) is 17.2 Å². The van der Waals surface area contributed by atoms with Gasteiger partial charge in [-0.15, -0.1) is 0 Å². The molecule has 0 bridgehead atoms. The molecule has 1 amide bonds. The van der Waals surface area contributed by atoms with Crippen LogP contribution in [0.15, 0.2) is 42.5 Å². The molecule has 0 unspecified atom stereocenters. The van der Waals surface area contributed by atoms with Crippen LogP contribution in [-0.2, 0) is 14.8 Å². The van der Waals surface area contributed by atoms with E-state index in [1.807, 2.05) is 38.1 Å². The van der Waals surface area contributed by atoms with Crippen molar-refractivity contribution in [2.45, 2.75) is 32.7 Å². The Morgan fingerprint density at radius 2 is 1.75 bits per heavy atom. The molecule has 5 nitrogen and oxygen atoms in total. The van der Waals surface area contributed by atoms with Crippen LogP contribution in [0.4, 0.5) is 14.5 Å². The summed E-state index contributed by atoms with van der Waals surface area (Å²) < 4.78 is 51.5. The van der Waals surface area contributed by atoms with Gasteiger partial charge in [-0.3, -0.25) is 9.10 Å².